The van der Waals surface area contributed by atoms with Crippen LogP contribution in [0.5, 0.6) is 11.5 Å². The van der Waals surface area contributed by atoms with E-state index in [-0.39, 0.29) is 17.1 Å². The summed E-state index contributed by atoms with van der Waals surface area (Å²) in [6.07, 6.45) is 1.62. The molecular weight excluding hydrogens is 420 g/mol. The Balaban J connectivity index is 1.77. The van der Waals surface area contributed by atoms with Gasteiger partial charge in [0.2, 0.25) is 0 Å². The molecule has 1 unspecified atom stereocenters. The monoisotopic (exact) mass is 440 g/mol. The molecule has 5 rings (SSSR count). The van der Waals surface area contributed by atoms with Gasteiger partial charge < -0.3 is 19.9 Å². The number of rotatable bonds is 4. The topological polar surface area (TPSA) is 103 Å². The number of hydrogen-bond acceptors (Lipinski definition) is 5. The molecule has 33 heavy (non-hydrogen) atoms. The summed E-state index contributed by atoms with van der Waals surface area (Å²) in [7, 11) is 1.48. The van der Waals surface area contributed by atoms with E-state index < -0.39 is 17.7 Å². The number of fused-ring (bicyclic) bond motifs is 1. The van der Waals surface area contributed by atoms with Crippen molar-refractivity contribution in [3.63, 3.8) is 0 Å². The highest BCUT2D eigenvalue weighted by atomic mass is 16.5. The normalized spacial score (nSPS) is 17.6. The first-order valence-corrected chi connectivity index (χ1v) is 10.3. The molecule has 4 aromatic rings. The molecule has 0 saturated carbocycles. The fraction of sp³-hybridized carbons (Fsp3) is 0.0769. The molecule has 0 radical (unpaired) electrons. The zero-order valence-corrected chi connectivity index (χ0v) is 17.6. The van der Waals surface area contributed by atoms with Gasteiger partial charge in [-0.05, 0) is 35.9 Å². The number of hydrogen-bond donors (Lipinski definition) is 3. The Bertz CT molecular complexity index is 1420. The largest absolute Gasteiger partial charge is 0.508 e. The molecule has 3 aromatic carbocycles. The van der Waals surface area contributed by atoms with Crippen LogP contribution in [-0.2, 0) is 9.59 Å². The molecule has 2 heterocycles. The molecule has 1 fully saturated rings. The Morgan fingerprint density at radius 1 is 0.970 bits per heavy atom. The van der Waals surface area contributed by atoms with E-state index in [1.54, 1.807) is 42.6 Å². The summed E-state index contributed by atoms with van der Waals surface area (Å²) in [4.78, 5) is 31.0. The highest BCUT2D eigenvalue weighted by Crippen LogP contribution is 2.45. The second-order valence-corrected chi connectivity index (χ2v) is 7.68. The SMILES string of the molecule is COc1ccccc1N1C(=O)C(=O)/C(=C(\O)c2c[nH]c3ccccc23)C1c1ccc(O)cc1. The molecule has 7 nitrogen and oxygen atoms in total. The number of Topliss-reactive ketones (excluding diaryl/α,β-unsaturated/α-hetero) is 1. The minimum atomic E-state index is -0.921. The zero-order valence-electron chi connectivity index (χ0n) is 17.6. The summed E-state index contributed by atoms with van der Waals surface area (Å²) >= 11 is 0. The summed E-state index contributed by atoms with van der Waals surface area (Å²) < 4.78 is 5.44. The van der Waals surface area contributed by atoms with Crippen LogP contribution in [-0.4, -0.2) is 34.0 Å². The van der Waals surface area contributed by atoms with E-state index >= 15 is 0 Å². The molecule has 7 heteroatoms. The predicted molar refractivity (Wildman–Crippen MR) is 124 cm³/mol. The number of aromatic hydroxyl groups is 1. The van der Waals surface area contributed by atoms with Crippen molar-refractivity contribution < 1.29 is 24.5 Å². The molecule has 0 spiro atoms. The first kappa shape index (κ1) is 20.4. The maximum Gasteiger partial charge on any atom is 0.300 e. The molecule has 3 N–H and O–H groups in total. The Kier molecular flexibility index (Phi) is 4.86. The Labute approximate surface area is 189 Å². The summed E-state index contributed by atoms with van der Waals surface area (Å²) in [5, 5.41) is 21.9. The molecule has 1 aliphatic rings. The van der Waals surface area contributed by atoms with Gasteiger partial charge in [-0.2, -0.15) is 0 Å². The minimum Gasteiger partial charge on any atom is -0.508 e. The maximum atomic E-state index is 13.3. The summed E-state index contributed by atoms with van der Waals surface area (Å²) in [6, 6.07) is 19.5. The summed E-state index contributed by atoms with van der Waals surface area (Å²) in [5.41, 5.74) is 2.13. The third kappa shape index (κ3) is 3.22. The van der Waals surface area contributed by atoms with Crippen LogP contribution in [0.2, 0.25) is 0 Å². The van der Waals surface area contributed by atoms with Crippen LogP contribution in [0, 0.1) is 0 Å². The van der Waals surface area contributed by atoms with E-state index in [1.807, 2.05) is 24.3 Å². The van der Waals surface area contributed by atoms with Gasteiger partial charge in [-0.1, -0.05) is 42.5 Å². The van der Waals surface area contributed by atoms with Gasteiger partial charge in [-0.15, -0.1) is 0 Å². The molecule has 164 valence electrons. The number of aliphatic hydroxyl groups excluding tert-OH is 1. The zero-order chi connectivity index (χ0) is 23.1. The molecule has 0 bridgehead atoms. The molecule has 1 aromatic heterocycles. The lowest BCUT2D eigenvalue weighted by Gasteiger charge is -2.26. The lowest BCUT2D eigenvalue weighted by atomic mass is 9.95. The number of nitrogens with zero attached hydrogens (tertiary/aromatic N) is 1. The van der Waals surface area contributed by atoms with E-state index in [0.29, 0.717) is 22.6 Å². The van der Waals surface area contributed by atoms with Gasteiger partial charge in [-0.25, -0.2) is 0 Å². The highest BCUT2D eigenvalue weighted by molar-refractivity contribution is 6.52. The second-order valence-electron chi connectivity index (χ2n) is 7.68. The quantitative estimate of drug-likeness (QED) is 0.246. The first-order chi connectivity index (χ1) is 16.0. The average Bonchev–Trinajstić information content (AvgIpc) is 3.38. The Morgan fingerprint density at radius 2 is 1.67 bits per heavy atom. The standard InChI is InChI=1S/C26H20N2O5/c1-33-21-9-5-4-8-20(21)28-23(15-10-12-16(29)13-11-15)22(25(31)26(28)32)24(30)18-14-27-19-7-3-2-6-17(18)19/h2-14,23,27,29-30H,1H3/b24-22-. The number of anilines is 1. The van der Waals surface area contributed by atoms with Crippen molar-refractivity contribution >= 4 is 34.0 Å². The molecular formula is C26H20N2O5. The summed E-state index contributed by atoms with van der Waals surface area (Å²) in [6.45, 7) is 0. The number of aliphatic hydroxyl groups is 1. The van der Waals surface area contributed by atoms with Crippen LogP contribution in [0.1, 0.15) is 17.2 Å². The number of carbonyl (C=O) groups excluding carboxylic acids is 2. The smallest absolute Gasteiger partial charge is 0.300 e. The van der Waals surface area contributed by atoms with Gasteiger partial charge in [0.25, 0.3) is 11.7 Å². The van der Waals surface area contributed by atoms with E-state index in [2.05, 4.69) is 4.98 Å². The van der Waals surface area contributed by atoms with Crippen molar-refractivity contribution in [2.24, 2.45) is 0 Å². The van der Waals surface area contributed by atoms with Crippen LogP contribution in [0.3, 0.4) is 0 Å². The number of para-hydroxylation sites is 3. The van der Waals surface area contributed by atoms with Crippen molar-refractivity contribution in [2.45, 2.75) is 6.04 Å². The predicted octanol–water partition coefficient (Wildman–Crippen LogP) is 4.51. The Hall–Kier alpha value is -4.52. The molecule has 1 amide bonds. The number of methoxy groups -OCH3 is 1. The van der Waals surface area contributed by atoms with Crippen LogP contribution in [0.4, 0.5) is 5.69 Å². The Morgan fingerprint density at radius 3 is 2.42 bits per heavy atom. The third-order valence-electron chi connectivity index (χ3n) is 5.84. The lowest BCUT2D eigenvalue weighted by molar-refractivity contribution is -0.132. The van der Waals surface area contributed by atoms with Crippen molar-refractivity contribution in [1.29, 1.82) is 0 Å². The van der Waals surface area contributed by atoms with Crippen LogP contribution >= 0.6 is 0 Å². The van der Waals surface area contributed by atoms with E-state index in [1.165, 1.54) is 24.1 Å². The van der Waals surface area contributed by atoms with Crippen LogP contribution in [0.25, 0.3) is 16.7 Å². The van der Waals surface area contributed by atoms with Crippen molar-refractivity contribution in [3.05, 3.63) is 95.7 Å². The van der Waals surface area contributed by atoms with Crippen LogP contribution in [0.15, 0.2) is 84.6 Å². The first-order valence-electron chi connectivity index (χ1n) is 10.3. The van der Waals surface area contributed by atoms with Gasteiger partial charge in [-0.3, -0.25) is 14.5 Å². The number of aromatic nitrogens is 1. The fourth-order valence-electron chi connectivity index (χ4n) is 4.29. The number of H-pyrrole nitrogens is 1. The van der Waals surface area contributed by atoms with Crippen molar-refractivity contribution in [3.8, 4) is 11.5 Å². The van der Waals surface area contributed by atoms with Crippen LogP contribution < -0.4 is 9.64 Å². The number of ether oxygens (including phenoxy) is 1. The third-order valence-corrected chi connectivity index (χ3v) is 5.84. The number of phenolic OH excluding ortho intramolecular Hbond substituents is 1. The average molecular weight is 440 g/mol. The van der Waals surface area contributed by atoms with Gasteiger partial charge in [0.15, 0.2) is 0 Å². The number of benzene rings is 3. The van der Waals surface area contributed by atoms with Gasteiger partial charge >= 0.3 is 0 Å². The molecule has 0 aliphatic carbocycles. The minimum absolute atomic E-state index is 0.0404. The number of carbonyl (C=O) groups is 2. The number of ketones is 1. The fourth-order valence-corrected chi connectivity index (χ4v) is 4.29. The van der Waals surface area contributed by atoms with E-state index in [9.17, 15) is 19.8 Å². The number of nitrogens with one attached hydrogen (secondary N) is 1. The highest BCUT2D eigenvalue weighted by Gasteiger charge is 2.47. The summed E-state index contributed by atoms with van der Waals surface area (Å²) in [5.74, 6) is -1.40. The van der Waals surface area contributed by atoms with Crippen molar-refractivity contribution in [2.75, 3.05) is 12.0 Å². The van der Waals surface area contributed by atoms with E-state index in [0.717, 1.165) is 10.9 Å². The van der Waals surface area contributed by atoms with E-state index in [4.69, 9.17) is 4.74 Å². The van der Waals surface area contributed by atoms with Gasteiger partial charge in [0.1, 0.15) is 17.3 Å². The number of phenols is 1. The molecule has 1 saturated heterocycles. The second kappa shape index (κ2) is 7.87. The van der Waals surface area contributed by atoms with Crippen molar-refractivity contribution in [1.82, 2.24) is 4.98 Å². The van der Waals surface area contributed by atoms with Gasteiger partial charge in [0, 0.05) is 22.7 Å². The molecule has 1 aliphatic heterocycles. The van der Waals surface area contributed by atoms with Gasteiger partial charge in [0.05, 0.1) is 24.4 Å². The lowest BCUT2D eigenvalue weighted by Crippen LogP contribution is -2.29. The molecule has 1 atom stereocenters. The number of aromatic amines is 1. The number of amides is 1. The maximum absolute atomic E-state index is 13.3.